The lowest BCUT2D eigenvalue weighted by Crippen LogP contribution is -2.13. The van der Waals surface area contributed by atoms with E-state index in [0.717, 1.165) is 200 Å². The van der Waals surface area contributed by atoms with E-state index in [4.69, 9.17) is 0 Å². The number of benzene rings is 8. The molecule has 17 rings (SSSR count). The van der Waals surface area contributed by atoms with Crippen molar-refractivity contribution < 1.29 is 38.5 Å². The molecule has 2 saturated carbocycles. The Labute approximate surface area is 793 Å². The highest BCUT2D eigenvalue weighted by Gasteiger charge is 2.24. The van der Waals surface area contributed by atoms with Crippen LogP contribution in [0.15, 0.2) is 262 Å². The van der Waals surface area contributed by atoms with Gasteiger partial charge in [0.05, 0.1) is 28.1 Å². The summed E-state index contributed by atoms with van der Waals surface area (Å²) in [6, 6.07) is 68.7. The lowest BCUT2D eigenvalue weighted by atomic mass is 9.85. The molecule has 2 fully saturated rings. The zero-order valence-electron chi connectivity index (χ0n) is 79.6. The maximum absolute atomic E-state index is 13.7. The highest BCUT2D eigenvalue weighted by molar-refractivity contribution is 5.97. The number of hydrogen-bond acceptors (Lipinski definition) is 10. The summed E-state index contributed by atoms with van der Waals surface area (Å²) >= 11 is 0. The summed E-state index contributed by atoms with van der Waals surface area (Å²) in [6.45, 7) is 20.2. The van der Waals surface area contributed by atoms with Gasteiger partial charge in [-0.2, -0.15) is 0 Å². The van der Waals surface area contributed by atoms with Crippen LogP contribution in [-0.4, -0.2) is 93.0 Å². The van der Waals surface area contributed by atoms with Gasteiger partial charge in [-0.05, 0) is 202 Å². The van der Waals surface area contributed by atoms with Gasteiger partial charge in [-0.15, -0.1) is 0 Å². The van der Waals surface area contributed by atoms with Gasteiger partial charge in [0.15, 0.2) is 11.6 Å². The summed E-state index contributed by atoms with van der Waals surface area (Å²) in [5, 5.41) is 28.0. The van der Waals surface area contributed by atoms with E-state index in [1.165, 1.54) is 115 Å². The van der Waals surface area contributed by atoms with E-state index in [9.17, 15) is 38.5 Å². The van der Waals surface area contributed by atoms with Crippen molar-refractivity contribution in [1.29, 1.82) is 0 Å². The number of nitrogens with zero attached hydrogens (tertiary/aromatic N) is 7. The van der Waals surface area contributed by atoms with Crippen LogP contribution in [0.2, 0.25) is 0 Å². The molecule has 135 heavy (non-hydrogen) atoms. The van der Waals surface area contributed by atoms with Crippen LogP contribution in [0.5, 0.6) is 0 Å². The summed E-state index contributed by atoms with van der Waals surface area (Å²) < 4.78 is 27.1. The molecule has 0 bridgehead atoms. The Kier molecular flexibility index (Phi) is 35.0. The van der Waals surface area contributed by atoms with E-state index < -0.39 is 29.5 Å². The number of carboxylic acid groups (broad SMARTS) is 3. The lowest BCUT2D eigenvalue weighted by molar-refractivity contribution is 0.0686. The molecule has 2 aliphatic carbocycles. The average Bonchev–Trinajstić information content (AvgIpc) is 1.70. The standard InChI is InChI=1S/C25H26F2N2O2.C24H26N2O2.C23H26N2O2.C22H27N3.C21H25N3/c26-22-13-20(21(25(30)31)14-23(22)27)18-9-6-16(7-10-18)8-11-24-28-15-19(29-24)12-17-4-2-1-3-5-17;27-24(28)22-8-4-3-7-21(22)19-12-9-17(10-13-19)11-14-23-25-16-20(26-23)15-18-5-1-2-6-18;1-23(2,3)14-18-15-24-21(25-18)13-10-16-8-11-17(12-9-16)19-6-4-5-7-20(19)22(26)27;1-4-22(2,3)15-19-16-24-21(25-19)13-10-17-8-11-18(12-9-17)20-7-5-6-14-23-20;1-21(2,3)14-18-15-23-20(24-18)12-9-16-7-10-17(11-8-16)19-6-4-5-13-22-19/h6-7,9-10,13-15,17H,1-5,8,11-12H2,(H,28,29)(H,30,31);3-4,7-10,12-13,16,18H,1-2,5-6,11,14-15H2,(H,25,26)(H,27,28);4-9,11-12,15H,10,13-14H2,1-3H3,(H,24,25)(H,26,27);5-9,11-12,14,16H,4,10,13,15H2,1-3H3,(H,24,25);4-8,10-11,13,15H,9,12,14H2,1-3H3,(H,23,24). The molecular weight excluding hydrogens is 1680 g/mol. The zero-order chi connectivity index (χ0) is 95.3. The minimum absolute atomic E-state index is 0.163. The number of H-pyrrole nitrogens is 5. The van der Waals surface area contributed by atoms with E-state index >= 15 is 0 Å². The Morgan fingerprint density at radius 2 is 0.607 bits per heavy atom. The maximum Gasteiger partial charge on any atom is 0.336 e. The fourth-order valence-electron chi connectivity index (χ4n) is 17.6. The second kappa shape index (κ2) is 47.8. The molecule has 2 aliphatic rings. The number of pyridine rings is 2. The maximum atomic E-state index is 13.7. The first-order valence-corrected chi connectivity index (χ1v) is 47.8. The van der Waals surface area contributed by atoms with Crippen molar-refractivity contribution >= 4 is 17.9 Å². The number of imidazole rings is 5. The molecule has 700 valence electrons. The van der Waals surface area contributed by atoms with Crippen molar-refractivity contribution in [2.45, 2.75) is 223 Å². The van der Waals surface area contributed by atoms with Crippen LogP contribution in [0.1, 0.15) is 243 Å². The summed E-state index contributed by atoms with van der Waals surface area (Å²) in [4.78, 5) is 82.9. The number of rotatable bonds is 32. The number of carboxylic acids is 3. The number of aromatic carboxylic acids is 3. The van der Waals surface area contributed by atoms with Crippen molar-refractivity contribution in [2.24, 2.45) is 28.1 Å². The third-order valence-electron chi connectivity index (χ3n) is 25.2. The van der Waals surface area contributed by atoms with E-state index in [2.05, 4.69) is 195 Å². The van der Waals surface area contributed by atoms with Crippen molar-refractivity contribution in [3.05, 3.63) is 376 Å². The van der Waals surface area contributed by atoms with Crippen molar-refractivity contribution in [3.63, 3.8) is 0 Å². The zero-order valence-corrected chi connectivity index (χ0v) is 79.6. The molecule has 20 heteroatoms. The van der Waals surface area contributed by atoms with Crippen LogP contribution in [0, 0.1) is 39.7 Å². The van der Waals surface area contributed by atoms with Gasteiger partial charge in [0, 0.05) is 115 Å². The SMILES string of the molecule is CC(C)(C)Cc1cnc(CCc2ccc(-c3ccccc3C(=O)O)cc2)[nH]1.CC(C)(C)Cc1cnc(CCc2ccc(-c3ccccn3)cc2)[nH]1.CCC(C)(C)Cc1cnc(CCc2ccc(-c3ccccn3)cc2)[nH]1.O=C(O)c1cc(F)c(F)cc1-c1ccc(CCc2ncc(CC3CCCCC3)[nH]2)cc1.O=C(O)c1ccccc1-c1ccc(CCc2ncc(CC3CCCC3)[nH]2)cc1. The highest BCUT2D eigenvalue weighted by atomic mass is 19.2. The van der Waals surface area contributed by atoms with Gasteiger partial charge in [-0.25, -0.2) is 48.1 Å². The number of halogens is 2. The van der Waals surface area contributed by atoms with Gasteiger partial charge >= 0.3 is 17.9 Å². The van der Waals surface area contributed by atoms with E-state index in [1.54, 1.807) is 36.4 Å². The molecule has 0 unspecified atom stereocenters. The number of aromatic nitrogens is 12. The molecule has 8 N–H and O–H groups in total. The second-order valence-corrected chi connectivity index (χ2v) is 39.2. The highest BCUT2D eigenvalue weighted by Crippen LogP contribution is 2.34. The van der Waals surface area contributed by atoms with Crippen LogP contribution in [0.4, 0.5) is 8.78 Å². The Morgan fingerprint density at radius 1 is 0.319 bits per heavy atom. The monoisotopic (exact) mass is 1810 g/mol. The van der Waals surface area contributed by atoms with Gasteiger partial charge in [-0.1, -0.05) is 296 Å². The summed E-state index contributed by atoms with van der Waals surface area (Å²) in [7, 11) is 0. The van der Waals surface area contributed by atoms with Crippen LogP contribution in [-0.2, 0) is 96.3 Å². The van der Waals surface area contributed by atoms with E-state index in [0.29, 0.717) is 22.1 Å². The second-order valence-electron chi connectivity index (χ2n) is 39.2. The quantitative estimate of drug-likeness (QED) is 0.0195. The number of aryl methyl sites for hydroxylation is 10. The molecular formula is C115H130F2N12O6. The molecule has 0 atom stereocenters. The van der Waals surface area contributed by atoms with Crippen molar-refractivity contribution in [1.82, 2.24) is 59.8 Å². The molecule has 15 aromatic rings. The van der Waals surface area contributed by atoms with Crippen LogP contribution in [0.25, 0.3) is 55.9 Å². The number of carbonyl (C=O) groups is 3. The normalized spacial score (nSPS) is 12.9. The van der Waals surface area contributed by atoms with Gasteiger partial charge in [-0.3, -0.25) is 9.97 Å². The Bertz CT molecular complexity index is 6230. The minimum atomic E-state index is -1.29. The summed E-state index contributed by atoms with van der Waals surface area (Å²) in [5.74, 6) is 1.44. The summed E-state index contributed by atoms with van der Waals surface area (Å²) in [5.41, 5.74) is 21.9. The number of aromatic amines is 5. The Balaban J connectivity index is 0.000000143. The predicted molar refractivity (Wildman–Crippen MR) is 536 cm³/mol. The molecule has 0 spiro atoms. The van der Waals surface area contributed by atoms with Crippen LogP contribution in [0.3, 0.4) is 0 Å². The third kappa shape index (κ3) is 31.0. The lowest BCUT2D eigenvalue weighted by Gasteiger charge is -2.21. The first kappa shape index (κ1) is 98.9. The molecule has 0 amide bonds. The average molecular weight is 1810 g/mol. The van der Waals surface area contributed by atoms with Gasteiger partial charge in [0.25, 0.3) is 0 Å². The fourth-order valence-corrected chi connectivity index (χ4v) is 17.6. The first-order valence-electron chi connectivity index (χ1n) is 47.8. The number of hydrogen-bond donors (Lipinski definition) is 8. The Hall–Kier alpha value is -13.6. The third-order valence-corrected chi connectivity index (χ3v) is 25.2. The Morgan fingerprint density at radius 3 is 0.926 bits per heavy atom. The molecule has 7 heterocycles. The van der Waals surface area contributed by atoms with Crippen LogP contribution < -0.4 is 0 Å². The molecule has 0 radical (unpaired) electrons. The first-order chi connectivity index (χ1) is 65.0. The largest absolute Gasteiger partial charge is 0.478 e. The topological polar surface area (TPSA) is 281 Å². The van der Waals surface area contributed by atoms with Gasteiger partial charge < -0.3 is 40.2 Å². The van der Waals surface area contributed by atoms with Gasteiger partial charge in [0.1, 0.15) is 29.1 Å². The molecule has 8 aromatic carbocycles. The van der Waals surface area contributed by atoms with E-state index in [1.807, 2.05) is 140 Å². The van der Waals surface area contributed by atoms with Crippen LogP contribution >= 0.6 is 0 Å². The number of nitrogens with one attached hydrogen (secondary N) is 5. The summed E-state index contributed by atoms with van der Waals surface area (Å²) in [6.07, 6.45) is 41.0. The molecule has 0 saturated heterocycles. The predicted octanol–water partition coefficient (Wildman–Crippen LogP) is 26.5. The molecule has 7 aromatic heterocycles. The minimum Gasteiger partial charge on any atom is -0.478 e. The molecule has 0 aliphatic heterocycles. The van der Waals surface area contributed by atoms with Crippen molar-refractivity contribution in [3.8, 4) is 55.9 Å². The van der Waals surface area contributed by atoms with Crippen molar-refractivity contribution in [2.75, 3.05) is 0 Å². The molecule has 18 nitrogen and oxygen atoms in total. The fraction of sp³-hybridized carbons (Fsp3) is 0.339. The van der Waals surface area contributed by atoms with Gasteiger partial charge in [0.2, 0.25) is 0 Å². The van der Waals surface area contributed by atoms with E-state index in [-0.39, 0.29) is 22.0 Å². The smallest absolute Gasteiger partial charge is 0.336 e.